The maximum atomic E-state index is 11.2. The van der Waals surface area contributed by atoms with Crippen LogP contribution in [0.4, 0.5) is 0 Å². The summed E-state index contributed by atoms with van der Waals surface area (Å²) in [6, 6.07) is 5.05. The molecule has 3 nitrogen and oxygen atoms in total. The lowest BCUT2D eigenvalue weighted by Crippen LogP contribution is -2.01. The van der Waals surface area contributed by atoms with Gasteiger partial charge in [-0.3, -0.25) is 4.79 Å². The number of aromatic nitrogens is 1. The Morgan fingerprint density at radius 3 is 2.89 bits per heavy atom. The third-order valence-corrected chi connectivity index (χ3v) is 3.69. The molecule has 1 aromatic carbocycles. The smallest absolute Gasteiger partial charge is 0.152 e. The summed E-state index contributed by atoms with van der Waals surface area (Å²) in [7, 11) is 0. The van der Waals surface area contributed by atoms with Crippen molar-refractivity contribution in [1.29, 1.82) is 0 Å². The molecule has 0 radical (unpaired) electrons. The summed E-state index contributed by atoms with van der Waals surface area (Å²) in [4.78, 5) is 12.2. The van der Waals surface area contributed by atoms with Crippen LogP contribution in [0.1, 0.15) is 16.1 Å². The number of hydrogen-bond acceptors (Lipinski definition) is 3. The number of rotatable bonds is 5. The van der Waals surface area contributed by atoms with Gasteiger partial charge in [0.05, 0.1) is 6.54 Å². The van der Waals surface area contributed by atoms with E-state index in [9.17, 15) is 9.90 Å². The molecule has 0 amide bonds. The van der Waals surface area contributed by atoms with Crippen LogP contribution in [-0.4, -0.2) is 16.0 Å². The van der Waals surface area contributed by atoms with Crippen molar-refractivity contribution in [2.75, 3.05) is 0 Å². The molecule has 0 saturated heterocycles. The van der Waals surface area contributed by atoms with Crippen LogP contribution in [-0.2, 0) is 6.54 Å². The van der Waals surface area contributed by atoms with Gasteiger partial charge in [-0.2, -0.15) is 0 Å². The lowest BCUT2D eigenvalue weighted by Gasteiger charge is -2.09. The average molecular weight is 273 g/mol. The number of aromatic hydroxyl groups is 1. The minimum atomic E-state index is 0.159. The Morgan fingerprint density at radius 2 is 2.26 bits per heavy atom. The summed E-state index contributed by atoms with van der Waals surface area (Å²) in [6.07, 6.45) is 0.830. The number of phenolic OH excluding ortho intramolecular Hbond substituents is 1. The zero-order valence-electron chi connectivity index (χ0n) is 10.7. The highest BCUT2D eigenvalue weighted by Crippen LogP contribution is 2.29. The van der Waals surface area contributed by atoms with Gasteiger partial charge in [0.1, 0.15) is 5.75 Å². The minimum Gasteiger partial charge on any atom is -0.508 e. The Morgan fingerprint density at radius 1 is 1.53 bits per heavy atom. The van der Waals surface area contributed by atoms with Gasteiger partial charge in [-0.25, -0.2) is 0 Å². The first-order valence-electron chi connectivity index (χ1n) is 5.80. The second-order valence-corrected chi connectivity index (χ2v) is 5.37. The second kappa shape index (κ2) is 5.36. The number of carbonyl (C=O) groups excluding carboxylic acids is 1. The van der Waals surface area contributed by atoms with Crippen molar-refractivity contribution in [3.63, 3.8) is 0 Å². The summed E-state index contributed by atoms with van der Waals surface area (Å²) < 4.78 is 2.03. The number of allylic oxidation sites excluding steroid dienone is 1. The first-order valence-corrected chi connectivity index (χ1v) is 6.68. The van der Waals surface area contributed by atoms with Gasteiger partial charge in [0, 0.05) is 27.1 Å². The molecule has 98 valence electrons. The van der Waals surface area contributed by atoms with Crippen LogP contribution in [0.3, 0.4) is 0 Å². The highest BCUT2D eigenvalue weighted by Gasteiger charge is 2.14. The van der Waals surface area contributed by atoms with Gasteiger partial charge in [0.2, 0.25) is 0 Å². The molecule has 2 rings (SSSR count). The van der Waals surface area contributed by atoms with Gasteiger partial charge in [-0.15, -0.1) is 11.8 Å². The third kappa shape index (κ3) is 2.44. The van der Waals surface area contributed by atoms with Crippen LogP contribution in [0.5, 0.6) is 5.75 Å². The number of nitrogens with zero attached hydrogens (tertiary/aromatic N) is 1. The number of benzene rings is 1. The van der Waals surface area contributed by atoms with Gasteiger partial charge in [-0.05, 0) is 30.5 Å². The molecule has 0 atom stereocenters. The van der Waals surface area contributed by atoms with Crippen LogP contribution in [0.15, 0.2) is 41.7 Å². The molecule has 0 aliphatic carbocycles. The lowest BCUT2D eigenvalue weighted by molar-refractivity contribution is 0.112. The Kier molecular flexibility index (Phi) is 3.81. The van der Waals surface area contributed by atoms with Crippen LogP contribution >= 0.6 is 11.8 Å². The fourth-order valence-electron chi connectivity index (χ4n) is 2.18. The number of thioether (sulfide) groups is 1. The maximum Gasteiger partial charge on any atom is 0.152 e. The summed E-state index contributed by atoms with van der Waals surface area (Å²) in [5, 5.41) is 12.1. The number of hydrogen-bond donors (Lipinski definition) is 1. The molecule has 1 N–H and O–H groups in total. The van der Waals surface area contributed by atoms with Crippen molar-refractivity contribution in [3.8, 4) is 5.75 Å². The Hall–Kier alpha value is -1.94. The Labute approximate surface area is 116 Å². The topological polar surface area (TPSA) is 42.2 Å². The molecule has 19 heavy (non-hydrogen) atoms. The van der Waals surface area contributed by atoms with E-state index in [1.807, 2.05) is 17.6 Å². The zero-order valence-corrected chi connectivity index (χ0v) is 11.5. The molecular weight excluding hydrogens is 258 g/mol. The normalized spacial score (nSPS) is 10.6. The Bertz CT molecular complexity index is 670. The van der Waals surface area contributed by atoms with Crippen LogP contribution in [0.2, 0.25) is 0 Å². The molecule has 1 heterocycles. The van der Waals surface area contributed by atoms with Crippen molar-refractivity contribution < 1.29 is 9.90 Å². The molecular formula is C15H15NO2S. The highest BCUT2D eigenvalue weighted by molar-refractivity contribution is 8.05. The number of fused-ring (bicyclic) bond motifs is 1. The summed E-state index contributed by atoms with van der Waals surface area (Å²) in [5.74, 6) is 0.159. The second-order valence-electron chi connectivity index (χ2n) is 4.23. The van der Waals surface area contributed by atoms with Gasteiger partial charge in [-0.1, -0.05) is 13.2 Å². The monoisotopic (exact) mass is 273 g/mol. The predicted octanol–water partition coefficient (Wildman–Crippen LogP) is 3.86. The number of phenols is 1. The van der Waals surface area contributed by atoms with E-state index in [4.69, 9.17) is 0 Å². The largest absolute Gasteiger partial charge is 0.508 e. The molecule has 1 aromatic heterocycles. The summed E-state index contributed by atoms with van der Waals surface area (Å²) >= 11 is 1.47. The van der Waals surface area contributed by atoms with Crippen molar-refractivity contribution in [1.82, 2.24) is 4.57 Å². The zero-order chi connectivity index (χ0) is 14.0. The fraction of sp³-hybridized carbons (Fsp3) is 0.133. The summed E-state index contributed by atoms with van der Waals surface area (Å²) in [5.41, 5.74) is 2.41. The minimum absolute atomic E-state index is 0.159. The molecule has 0 unspecified atom stereocenters. The first-order chi connectivity index (χ1) is 9.08. The van der Waals surface area contributed by atoms with E-state index in [0.29, 0.717) is 12.1 Å². The summed E-state index contributed by atoms with van der Waals surface area (Å²) in [6.45, 7) is 10.1. The van der Waals surface area contributed by atoms with E-state index in [1.54, 1.807) is 17.5 Å². The van der Waals surface area contributed by atoms with Crippen molar-refractivity contribution in [2.24, 2.45) is 0 Å². The van der Waals surface area contributed by atoms with Crippen LogP contribution < -0.4 is 0 Å². The lowest BCUT2D eigenvalue weighted by atomic mass is 10.1. The van der Waals surface area contributed by atoms with Crippen LogP contribution in [0, 0.1) is 6.92 Å². The van der Waals surface area contributed by atoms with Crippen molar-refractivity contribution in [2.45, 2.75) is 13.5 Å². The van der Waals surface area contributed by atoms with E-state index in [0.717, 1.165) is 27.8 Å². The third-order valence-electron chi connectivity index (χ3n) is 3.06. The number of carbonyl (C=O) groups is 1. The Balaban J connectivity index is 2.60. The quantitative estimate of drug-likeness (QED) is 0.841. The average Bonchev–Trinajstić information content (AvgIpc) is 2.62. The molecule has 2 aromatic rings. The van der Waals surface area contributed by atoms with Crippen LogP contribution in [0.25, 0.3) is 10.9 Å². The molecule has 0 spiro atoms. The van der Waals surface area contributed by atoms with Gasteiger partial charge in [0.15, 0.2) is 6.29 Å². The molecule has 4 heteroatoms. The van der Waals surface area contributed by atoms with E-state index >= 15 is 0 Å². The van der Waals surface area contributed by atoms with Crippen molar-refractivity contribution in [3.05, 3.63) is 52.9 Å². The van der Waals surface area contributed by atoms with E-state index in [2.05, 4.69) is 13.2 Å². The maximum absolute atomic E-state index is 11.2. The number of aldehydes is 1. The molecule has 0 saturated carbocycles. The highest BCUT2D eigenvalue weighted by atomic mass is 32.2. The van der Waals surface area contributed by atoms with E-state index < -0.39 is 0 Å². The molecule has 0 bridgehead atoms. The molecule has 0 fully saturated rings. The first kappa shape index (κ1) is 13.5. The molecule has 0 aliphatic heterocycles. The predicted molar refractivity (Wildman–Crippen MR) is 80.7 cm³/mol. The fourth-order valence-corrected chi connectivity index (χ4v) is 2.62. The van der Waals surface area contributed by atoms with Gasteiger partial charge >= 0.3 is 0 Å². The van der Waals surface area contributed by atoms with E-state index in [-0.39, 0.29) is 5.75 Å². The van der Waals surface area contributed by atoms with Gasteiger partial charge in [0.25, 0.3) is 0 Å². The van der Waals surface area contributed by atoms with E-state index in [1.165, 1.54) is 11.8 Å². The van der Waals surface area contributed by atoms with Crippen molar-refractivity contribution >= 4 is 29.0 Å². The SMILES string of the molecule is C=CSC(=C)Cn1c(C)c(C=O)c2cc(O)ccc21. The molecule has 0 aliphatic rings. The van der Waals surface area contributed by atoms with Gasteiger partial charge < -0.3 is 9.67 Å². The standard InChI is InChI=1S/C15H15NO2S/c1-4-19-10(2)8-16-11(3)14(9-17)13-7-12(18)5-6-15(13)16/h4-7,9,18H,1-2,8H2,3H3.